The summed E-state index contributed by atoms with van der Waals surface area (Å²) in [6.07, 6.45) is 0. The standard InChI is InChI=1S/C42H26S2/c1-2-9-27(10-3-1)30-21-23-35-36-24-22-31(26-38(36)34-12-5-4-11-33(34)37(35)25-30)28-17-19-29(20-18-28)32-13-8-16-41-42(32)44-40-15-7-6-14-39(40)43-41/h1-26H. The van der Waals surface area contributed by atoms with Crippen molar-refractivity contribution in [2.75, 3.05) is 0 Å². The molecule has 0 nitrogen and oxygen atoms in total. The van der Waals surface area contributed by atoms with Crippen LogP contribution in [0.1, 0.15) is 0 Å². The van der Waals surface area contributed by atoms with E-state index >= 15 is 0 Å². The number of fused-ring (bicyclic) bond motifs is 8. The molecule has 44 heavy (non-hydrogen) atoms. The molecule has 0 saturated heterocycles. The highest BCUT2D eigenvalue weighted by Crippen LogP contribution is 2.51. The monoisotopic (exact) mass is 594 g/mol. The highest BCUT2D eigenvalue weighted by Gasteiger charge is 2.20. The Kier molecular flexibility index (Phi) is 6.11. The predicted molar refractivity (Wildman–Crippen MR) is 190 cm³/mol. The molecule has 0 bridgehead atoms. The van der Waals surface area contributed by atoms with E-state index in [1.807, 2.05) is 23.5 Å². The zero-order chi connectivity index (χ0) is 29.0. The number of hydrogen-bond acceptors (Lipinski definition) is 2. The van der Waals surface area contributed by atoms with Crippen LogP contribution in [-0.2, 0) is 0 Å². The zero-order valence-corrected chi connectivity index (χ0v) is 25.5. The molecule has 0 spiro atoms. The van der Waals surface area contributed by atoms with E-state index < -0.39 is 0 Å². The van der Waals surface area contributed by atoms with Gasteiger partial charge in [0.1, 0.15) is 0 Å². The van der Waals surface area contributed by atoms with Crippen molar-refractivity contribution in [2.45, 2.75) is 19.6 Å². The Morgan fingerprint density at radius 2 is 0.750 bits per heavy atom. The average molecular weight is 595 g/mol. The van der Waals surface area contributed by atoms with Crippen molar-refractivity contribution in [1.29, 1.82) is 0 Å². The zero-order valence-electron chi connectivity index (χ0n) is 23.8. The molecule has 8 aromatic rings. The summed E-state index contributed by atoms with van der Waals surface area (Å²) >= 11 is 3.76. The van der Waals surface area contributed by atoms with E-state index in [1.54, 1.807) is 0 Å². The van der Waals surface area contributed by atoms with Crippen LogP contribution < -0.4 is 0 Å². The van der Waals surface area contributed by atoms with Gasteiger partial charge in [-0.3, -0.25) is 0 Å². The first kappa shape index (κ1) is 25.7. The van der Waals surface area contributed by atoms with E-state index in [-0.39, 0.29) is 0 Å². The first-order valence-electron chi connectivity index (χ1n) is 14.9. The lowest BCUT2D eigenvalue weighted by atomic mass is 9.90. The van der Waals surface area contributed by atoms with Crippen LogP contribution in [0.4, 0.5) is 0 Å². The molecule has 9 rings (SSSR count). The van der Waals surface area contributed by atoms with Crippen LogP contribution in [0.25, 0.3) is 65.7 Å². The second kappa shape index (κ2) is 10.4. The van der Waals surface area contributed by atoms with Crippen LogP contribution in [0.3, 0.4) is 0 Å². The Morgan fingerprint density at radius 1 is 0.273 bits per heavy atom. The Hall–Kier alpha value is -4.76. The maximum Gasteiger partial charge on any atom is 0.0340 e. The van der Waals surface area contributed by atoms with Crippen LogP contribution in [0, 0.1) is 0 Å². The molecule has 0 unspecified atom stereocenters. The van der Waals surface area contributed by atoms with Gasteiger partial charge in [-0.1, -0.05) is 151 Å². The average Bonchev–Trinajstić information content (AvgIpc) is 3.10. The second-order valence-electron chi connectivity index (χ2n) is 11.3. The lowest BCUT2D eigenvalue weighted by Gasteiger charge is -2.21. The topological polar surface area (TPSA) is 0 Å². The molecule has 0 saturated carbocycles. The third-order valence-corrected chi connectivity index (χ3v) is 11.3. The van der Waals surface area contributed by atoms with Gasteiger partial charge in [0.15, 0.2) is 0 Å². The fourth-order valence-corrected chi connectivity index (χ4v) is 8.97. The fraction of sp³-hybridized carbons (Fsp3) is 0. The number of hydrogen-bond donors (Lipinski definition) is 0. The van der Waals surface area contributed by atoms with Gasteiger partial charge in [-0.05, 0) is 96.0 Å². The molecule has 0 fully saturated rings. The predicted octanol–water partition coefficient (Wildman–Crippen LogP) is 12.8. The first-order valence-corrected chi connectivity index (χ1v) is 16.6. The van der Waals surface area contributed by atoms with Gasteiger partial charge in [0.2, 0.25) is 0 Å². The summed E-state index contributed by atoms with van der Waals surface area (Å²) in [5.74, 6) is 0. The molecule has 8 aromatic carbocycles. The van der Waals surface area contributed by atoms with Crippen LogP contribution in [-0.4, -0.2) is 0 Å². The van der Waals surface area contributed by atoms with Crippen molar-refractivity contribution in [3.8, 4) is 33.4 Å². The largest absolute Gasteiger partial charge is 0.0877 e. The van der Waals surface area contributed by atoms with Crippen molar-refractivity contribution in [1.82, 2.24) is 0 Å². The summed E-state index contributed by atoms with van der Waals surface area (Å²) in [5.41, 5.74) is 7.52. The molecular formula is C42H26S2. The Labute approximate surface area is 265 Å². The molecular weight excluding hydrogens is 569 g/mol. The summed E-state index contributed by atoms with van der Waals surface area (Å²) in [7, 11) is 0. The summed E-state index contributed by atoms with van der Waals surface area (Å²) < 4.78 is 0. The van der Waals surface area contributed by atoms with Crippen molar-refractivity contribution >= 4 is 55.8 Å². The SMILES string of the molecule is c1ccc(-c2ccc3c4ccc(-c5ccc(-c6cccc7c6Sc6ccccc6S7)cc5)cc4c4ccccc4c3c2)cc1. The van der Waals surface area contributed by atoms with E-state index in [9.17, 15) is 0 Å². The third-order valence-electron chi connectivity index (χ3n) is 8.73. The maximum atomic E-state index is 2.38. The van der Waals surface area contributed by atoms with Crippen molar-refractivity contribution < 1.29 is 0 Å². The third kappa shape index (κ3) is 4.25. The van der Waals surface area contributed by atoms with Crippen LogP contribution in [0.5, 0.6) is 0 Å². The minimum atomic E-state index is 1.23. The fourth-order valence-electron chi connectivity index (χ4n) is 6.56. The molecule has 0 amide bonds. The Bertz CT molecular complexity index is 2350. The lowest BCUT2D eigenvalue weighted by Crippen LogP contribution is -1.92. The molecule has 0 radical (unpaired) electrons. The lowest BCUT2D eigenvalue weighted by molar-refractivity contribution is 1.16. The van der Waals surface area contributed by atoms with Gasteiger partial charge in [-0.15, -0.1) is 0 Å². The molecule has 0 atom stereocenters. The van der Waals surface area contributed by atoms with E-state index in [1.165, 1.54) is 85.3 Å². The molecule has 1 aliphatic heterocycles. The summed E-state index contributed by atoms with van der Waals surface area (Å²) in [6, 6.07) is 57.9. The van der Waals surface area contributed by atoms with Gasteiger partial charge >= 0.3 is 0 Å². The Morgan fingerprint density at radius 3 is 1.41 bits per heavy atom. The van der Waals surface area contributed by atoms with E-state index in [0.29, 0.717) is 0 Å². The van der Waals surface area contributed by atoms with E-state index in [4.69, 9.17) is 0 Å². The number of rotatable bonds is 3. The van der Waals surface area contributed by atoms with E-state index in [0.717, 1.165) is 0 Å². The van der Waals surface area contributed by atoms with Crippen molar-refractivity contribution in [3.05, 3.63) is 158 Å². The van der Waals surface area contributed by atoms with Gasteiger partial charge < -0.3 is 0 Å². The maximum absolute atomic E-state index is 2.38. The van der Waals surface area contributed by atoms with Crippen LogP contribution in [0.15, 0.2) is 177 Å². The van der Waals surface area contributed by atoms with Gasteiger partial charge in [0.25, 0.3) is 0 Å². The number of benzene rings is 8. The molecule has 0 aliphatic carbocycles. The highest BCUT2D eigenvalue weighted by atomic mass is 32.2. The highest BCUT2D eigenvalue weighted by molar-refractivity contribution is 8.05. The molecule has 1 aliphatic rings. The van der Waals surface area contributed by atoms with Crippen molar-refractivity contribution in [3.63, 3.8) is 0 Å². The van der Waals surface area contributed by atoms with Gasteiger partial charge in [0.05, 0.1) is 0 Å². The summed E-state index contributed by atoms with van der Waals surface area (Å²) in [4.78, 5) is 5.36. The minimum absolute atomic E-state index is 1.23. The second-order valence-corrected chi connectivity index (χ2v) is 13.4. The quantitative estimate of drug-likeness (QED) is 0.187. The molecule has 206 valence electrons. The summed E-state index contributed by atoms with van der Waals surface area (Å²) in [6.45, 7) is 0. The first-order chi connectivity index (χ1) is 21.8. The minimum Gasteiger partial charge on any atom is -0.0877 e. The molecule has 2 heteroatoms. The molecule has 0 N–H and O–H groups in total. The van der Waals surface area contributed by atoms with Crippen LogP contribution in [0.2, 0.25) is 0 Å². The van der Waals surface area contributed by atoms with Gasteiger partial charge in [-0.2, -0.15) is 0 Å². The Balaban J connectivity index is 1.13. The summed E-state index contributed by atoms with van der Waals surface area (Å²) in [5, 5.41) is 7.79. The van der Waals surface area contributed by atoms with E-state index in [2.05, 4.69) is 158 Å². The van der Waals surface area contributed by atoms with Crippen LogP contribution >= 0.6 is 23.5 Å². The smallest absolute Gasteiger partial charge is 0.0340 e. The normalized spacial score (nSPS) is 12.4. The van der Waals surface area contributed by atoms with Crippen molar-refractivity contribution in [2.24, 2.45) is 0 Å². The molecule has 1 heterocycles. The van der Waals surface area contributed by atoms with Gasteiger partial charge in [-0.25, -0.2) is 0 Å². The van der Waals surface area contributed by atoms with Gasteiger partial charge in [0, 0.05) is 19.6 Å². The molecule has 0 aromatic heterocycles.